The van der Waals surface area contributed by atoms with Crippen molar-refractivity contribution in [3.63, 3.8) is 0 Å². The average molecular weight is 753 g/mol. The molecule has 0 atom stereocenters. The van der Waals surface area contributed by atoms with E-state index in [1.807, 2.05) is 103 Å². The van der Waals surface area contributed by atoms with E-state index in [0.717, 1.165) is 40.3 Å². The van der Waals surface area contributed by atoms with Crippen LogP contribution in [0.25, 0.3) is 60.9 Å². The number of hydrogen-bond donors (Lipinski definition) is 0. The van der Waals surface area contributed by atoms with Gasteiger partial charge in [0.25, 0.3) is 11.8 Å². The molecule has 1 aliphatic heterocycles. The van der Waals surface area contributed by atoms with Crippen LogP contribution in [-0.4, -0.2) is 16.4 Å². The van der Waals surface area contributed by atoms with Crippen LogP contribution in [0.15, 0.2) is 158 Å². The van der Waals surface area contributed by atoms with Crippen molar-refractivity contribution >= 4 is 39.3 Å². The number of aromatic nitrogens is 1. The third-order valence-corrected chi connectivity index (χ3v) is 10.2. The van der Waals surface area contributed by atoms with E-state index in [2.05, 4.69) is 0 Å². The van der Waals surface area contributed by atoms with Crippen molar-refractivity contribution in [2.75, 3.05) is 4.90 Å². The summed E-state index contributed by atoms with van der Waals surface area (Å²) in [6.45, 7) is 0. The molecule has 0 saturated heterocycles. The summed E-state index contributed by atoms with van der Waals surface area (Å²) in [7, 11) is 0. The number of amides is 2. The molecular formula is C46H26F6N2O2. The highest BCUT2D eigenvalue weighted by Gasteiger charge is 2.43. The predicted octanol–water partition coefficient (Wildman–Crippen LogP) is 12.6. The highest BCUT2D eigenvalue weighted by atomic mass is 19.4. The van der Waals surface area contributed by atoms with Crippen LogP contribution < -0.4 is 4.90 Å². The minimum Gasteiger partial charge on any atom is -0.308 e. The van der Waals surface area contributed by atoms with Gasteiger partial charge >= 0.3 is 12.4 Å². The Morgan fingerprint density at radius 2 is 0.857 bits per heavy atom. The number of imide groups is 1. The fourth-order valence-electron chi connectivity index (χ4n) is 7.85. The first-order chi connectivity index (χ1) is 26.9. The van der Waals surface area contributed by atoms with Gasteiger partial charge < -0.3 is 4.57 Å². The number of carbonyl (C=O) groups is 2. The quantitative estimate of drug-likeness (QED) is 0.130. The maximum absolute atomic E-state index is 15.1. The van der Waals surface area contributed by atoms with Crippen LogP contribution in [0.5, 0.6) is 0 Å². The standard InChI is InChI=1S/C46H26F6N2O2/c47-45(48,49)34-20-11-23-37-40(34)41-35(46(50,51)52)21-12-24-38(41)53(37)36-22-10-19-31-39(36)44(56)54(43(31)55)42-32(28-15-6-2-7-16-28)25-30(27-13-4-1-5-14-27)26-33(42)29-17-8-3-9-18-29/h1-26H. The molecule has 0 saturated carbocycles. The lowest BCUT2D eigenvalue weighted by Crippen LogP contribution is -2.30. The Bertz CT molecular complexity index is 2730. The van der Waals surface area contributed by atoms with Crippen molar-refractivity contribution in [1.82, 2.24) is 4.57 Å². The predicted molar refractivity (Wildman–Crippen MR) is 205 cm³/mol. The smallest absolute Gasteiger partial charge is 0.308 e. The summed E-state index contributed by atoms with van der Waals surface area (Å²) in [6, 6.07) is 42.5. The molecule has 0 aliphatic carbocycles. The van der Waals surface area contributed by atoms with E-state index in [1.54, 1.807) is 0 Å². The highest BCUT2D eigenvalue weighted by molar-refractivity contribution is 6.37. The number of nitrogens with zero attached hydrogens (tertiary/aromatic N) is 2. The lowest BCUT2D eigenvalue weighted by atomic mass is 9.90. The van der Waals surface area contributed by atoms with E-state index in [0.29, 0.717) is 22.3 Å². The van der Waals surface area contributed by atoms with E-state index in [1.165, 1.54) is 34.9 Å². The fraction of sp³-hybridized carbons (Fsp3) is 0.0435. The molecule has 2 amide bonds. The summed E-state index contributed by atoms with van der Waals surface area (Å²) in [6.07, 6.45) is -10.0. The van der Waals surface area contributed by atoms with Gasteiger partial charge in [0.05, 0.1) is 44.7 Å². The molecule has 9 rings (SSSR count). The molecule has 8 aromatic rings. The largest absolute Gasteiger partial charge is 0.417 e. The van der Waals surface area contributed by atoms with E-state index >= 15 is 4.79 Å². The summed E-state index contributed by atoms with van der Waals surface area (Å²) in [4.78, 5) is 30.9. The molecule has 7 aromatic carbocycles. The Hall–Kier alpha value is -6.94. The summed E-state index contributed by atoms with van der Waals surface area (Å²) in [5.41, 5.74) is 1.33. The molecule has 2 heterocycles. The monoisotopic (exact) mass is 752 g/mol. The first-order valence-corrected chi connectivity index (χ1v) is 17.5. The second-order valence-corrected chi connectivity index (χ2v) is 13.4. The highest BCUT2D eigenvalue weighted by Crippen LogP contribution is 2.49. The zero-order valence-corrected chi connectivity index (χ0v) is 29.0. The van der Waals surface area contributed by atoms with Gasteiger partial charge in [-0.2, -0.15) is 26.3 Å². The van der Waals surface area contributed by atoms with Crippen molar-refractivity contribution in [3.8, 4) is 39.1 Å². The summed E-state index contributed by atoms with van der Waals surface area (Å²) >= 11 is 0. The summed E-state index contributed by atoms with van der Waals surface area (Å²) < 4.78 is 88.5. The Morgan fingerprint density at radius 3 is 1.32 bits per heavy atom. The normalized spacial score (nSPS) is 13.2. The second kappa shape index (κ2) is 12.8. The average Bonchev–Trinajstić information content (AvgIpc) is 3.68. The lowest BCUT2D eigenvalue weighted by molar-refractivity contribution is -0.138. The fourth-order valence-corrected chi connectivity index (χ4v) is 7.85. The van der Waals surface area contributed by atoms with Gasteiger partial charge in [-0.05, 0) is 70.8 Å². The number of alkyl halides is 6. The van der Waals surface area contributed by atoms with Crippen LogP contribution >= 0.6 is 0 Å². The molecule has 56 heavy (non-hydrogen) atoms. The lowest BCUT2D eigenvalue weighted by Gasteiger charge is -2.24. The molecule has 0 bridgehead atoms. The van der Waals surface area contributed by atoms with E-state index in [-0.39, 0.29) is 33.5 Å². The number of anilines is 1. The van der Waals surface area contributed by atoms with Gasteiger partial charge in [-0.25, -0.2) is 4.90 Å². The number of benzene rings is 7. The minimum atomic E-state index is -5.01. The maximum atomic E-state index is 15.1. The first kappa shape index (κ1) is 34.8. The molecule has 10 heteroatoms. The van der Waals surface area contributed by atoms with Crippen LogP contribution in [0, 0.1) is 0 Å². The first-order valence-electron chi connectivity index (χ1n) is 17.5. The third-order valence-electron chi connectivity index (χ3n) is 10.2. The molecule has 1 aliphatic rings. The molecule has 0 N–H and O–H groups in total. The SMILES string of the molecule is O=C1c2cccc(-n3c4cccc(C(F)(F)F)c4c4c(C(F)(F)F)cccc43)c2C(=O)N1c1c(-c2ccccc2)cc(-c2ccccc2)cc1-c1ccccc1. The van der Waals surface area contributed by atoms with Crippen molar-refractivity contribution in [3.05, 3.63) is 180 Å². The van der Waals surface area contributed by atoms with E-state index in [9.17, 15) is 31.1 Å². The van der Waals surface area contributed by atoms with Gasteiger partial charge in [-0.3, -0.25) is 9.59 Å². The Balaban J connectivity index is 1.34. The Morgan fingerprint density at radius 1 is 0.411 bits per heavy atom. The third kappa shape index (κ3) is 5.47. The van der Waals surface area contributed by atoms with E-state index in [4.69, 9.17) is 0 Å². The maximum Gasteiger partial charge on any atom is 0.417 e. The zero-order valence-electron chi connectivity index (χ0n) is 29.0. The van der Waals surface area contributed by atoms with E-state index < -0.39 is 46.1 Å². The molecular weight excluding hydrogens is 727 g/mol. The molecule has 0 fully saturated rings. The number of carbonyl (C=O) groups excluding carboxylic acids is 2. The minimum absolute atomic E-state index is 0.0366. The molecule has 0 radical (unpaired) electrons. The zero-order chi connectivity index (χ0) is 38.9. The van der Waals surface area contributed by atoms with Gasteiger partial charge in [-0.1, -0.05) is 109 Å². The summed E-state index contributed by atoms with van der Waals surface area (Å²) in [5.74, 6) is -1.47. The van der Waals surface area contributed by atoms with Gasteiger partial charge in [-0.15, -0.1) is 0 Å². The summed E-state index contributed by atoms with van der Waals surface area (Å²) in [5, 5.41) is -1.33. The van der Waals surface area contributed by atoms with Crippen LogP contribution in [0.4, 0.5) is 32.0 Å². The molecule has 0 spiro atoms. The van der Waals surface area contributed by atoms with Crippen molar-refractivity contribution in [2.45, 2.75) is 12.4 Å². The van der Waals surface area contributed by atoms with Gasteiger partial charge in [0, 0.05) is 21.9 Å². The molecule has 0 unspecified atom stereocenters. The second-order valence-electron chi connectivity index (χ2n) is 13.4. The van der Waals surface area contributed by atoms with Crippen molar-refractivity contribution in [2.24, 2.45) is 0 Å². The Labute approximate surface area is 315 Å². The number of fused-ring (bicyclic) bond motifs is 4. The Kier molecular flexibility index (Phi) is 7.98. The van der Waals surface area contributed by atoms with Crippen LogP contribution in [-0.2, 0) is 12.4 Å². The van der Waals surface area contributed by atoms with Gasteiger partial charge in [0.2, 0.25) is 0 Å². The van der Waals surface area contributed by atoms with Gasteiger partial charge in [0.15, 0.2) is 0 Å². The molecule has 1 aromatic heterocycles. The van der Waals surface area contributed by atoms with Gasteiger partial charge in [0.1, 0.15) is 0 Å². The molecule has 4 nitrogen and oxygen atoms in total. The van der Waals surface area contributed by atoms with Crippen LogP contribution in [0.3, 0.4) is 0 Å². The van der Waals surface area contributed by atoms with Crippen LogP contribution in [0.2, 0.25) is 0 Å². The number of hydrogen-bond acceptors (Lipinski definition) is 2. The van der Waals surface area contributed by atoms with Crippen molar-refractivity contribution < 1.29 is 35.9 Å². The van der Waals surface area contributed by atoms with Crippen molar-refractivity contribution in [1.29, 1.82) is 0 Å². The topological polar surface area (TPSA) is 42.3 Å². The molecule has 274 valence electrons. The number of rotatable bonds is 5. The number of halogens is 6. The van der Waals surface area contributed by atoms with Crippen LogP contribution in [0.1, 0.15) is 31.8 Å².